The predicted octanol–water partition coefficient (Wildman–Crippen LogP) is 1.05. The van der Waals surface area contributed by atoms with Crippen LogP contribution in [0.3, 0.4) is 0 Å². The largest absolute Gasteiger partial charge is 0.387 e. The third kappa shape index (κ3) is 3.83. The van der Waals surface area contributed by atoms with E-state index in [1.807, 2.05) is 0 Å². The van der Waals surface area contributed by atoms with Crippen LogP contribution in [-0.2, 0) is 4.79 Å². The van der Waals surface area contributed by atoms with Crippen molar-refractivity contribution in [3.8, 4) is 0 Å². The maximum absolute atomic E-state index is 11.0. The average molecular weight is 347 g/mol. The third-order valence-electron chi connectivity index (χ3n) is 5.18. The topological polar surface area (TPSA) is 81.6 Å². The Kier molecular flexibility index (Phi) is 5.66. The standard InChI is InChI=1S/C18H29N5O2/c1-12(2)21-15(4-9-24)22-5-7-23(8-6-22)18-16-13(3)10-14(25)17(16)19-11-20-18/h9,11-15,21,25H,4-8,10H2,1-3H3/t13-,14-,15?/m1/s1. The van der Waals surface area contributed by atoms with Crippen molar-refractivity contribution in [2.45, 2.75) is 57.8 Å². The first-order valence-electron chi connectivity index (χ1n) is 9.22. The number of carbonyl (C=O) groups excluding carboxylic acids is 1. The second kappa shape index (κ2) is 7.76. The zero-order chi connectivity index (χ0) is 18.0. The Morgan fingerprint density at radius 1 is 1.32 bits per heavy atom. The van der Waals surface area contributed by atoms with Crippen LogP contribution in [0.1, 0.15) is 56.9 Å². The monoisotopic (exact) mass is 347 g/mol. The van der Waals surface area contributed by atoms with Gasteiger partial charge in [-0.25, -0.2) is 9.97 Å². The summed E-state index contributed by atoms with van der Waals surface area (Å²) in [4.78, 5) is 24.5. The Morgan fingerprint density at radius 3 is 2.68 bits per heavy atom. The lowest BCUT2D eigenvalue weighted by molar-refractivity contribution is -0.109. The van der Waals surface area contributed by atoms with E-state index in [9.17, 15) is 9.90 Å². The van der Waals surface area contributed by atoms with E-state index < -0.39 is 6.10 Å². The summed E-state index contributed by atoms with van der Waals surface area (Å²) in [6.07, 6.45) is 3.41. The molecule has 0 spiro atoms. The lowest BCUT2D eigenvalue weighted by Gasteiger charge is -2.40. The normalized spacial score (nSPS) is 25.2. The Bertz CT molecular complexity index is 601. The van der Waals surface area contributed by atoms with E-state index in [2.05, 4.69) is 45.9 Å². The summed E-state index contributed by atoms with van der Waals surface area (Å²) in [6.45, 7) is 9.82. The number of hydrogen-bond donors (Lipinski definition) is 2. The van der Waals surface area contributed by atoms with Gasteiger partial charge in [0.15, 0.2) is 0 Å². The second-order valence-electron chi connectivity index (χ2n) is 7.41. The second-order valence-corrected chi connectivity index (χ2v) is 7.41. The van der Waals surface area contributed by atoms with Gasteiger partial charge in [-0.3, -0.25) is 10.2 Å². The molecule has 0 radical (unpaired) electrons. The van der Waals surface area contributed by atoms with Gasteiger partial charge in [0, 0.05) is 44.2 Å². The molecule has 3 rings (SSSR count). The van der Waals surface area contributed by atoms with Crippen molar-refractivity contribution in [1.29, 1.82) is 0 Å². The van der Waals surface area contributed by atoms with E-state index in [1.54, 1.807) is 6.33 Å². The summed E-state index contributed by atoms with van der Waals surface area (Å²) in [5, 5.41) is 13.7. The number of piperazine rings is 1. The number of nitrogens with one attached hydrogen (secondary N) is 1. The van der Waals surface area contributed by atoms with Gasteiger partial charge in [0.1, 0.15) is 18.4 Å². The van der Waals surface area contributed by atoms with Gasteiger partial charge in [-0.05, 0) is 26.2 Å². The van der Waals surface area contributed by atoms with Crippen LogP contribution in [0.5, 0.6) is 0 Å². The molecule has 7 heteroatoms. The number of aldehydes is 1. The molecule has 7 nitrogen and oxygen atoms in total. The van der Waals surface area contributed by atoms with E-state index in [1.165, 1.54) is 0 Å². The minimum atomic E-state index is -0.472. The Balaban J connectivity index is 1.70. The maximum atomic E-state index is 11.0. The predicted molar refractivity (Wildman–Crippen MR) is 96.6 cm³/mol. The number of aliphatic hydroxyl groups is 1. The zero-order valence-corrected chi connectivity index (χ0v) is 15.4. The Hall–Kier alpha value is -1.57. The van der Waals surface area contributed by atoms with E-state index in [4.69, 9.17) is 0 Å². The van der Waals surface area contributed by atoms with Crippen molar-refractivity contribution in [1.82, 2.24) is 20.2 Å². The fourth-order valence-electron chi connectivity index (χ4n) is 4.00. The quantitative estimate of drug-likeness (QED) is 0.745. The van der Waals surface area contributed by atoms with Gasteiger partial charge in [0.05, 0.1) is 18.0 Å². The molecule has 1 aromatic heterocycles. The Morgan fingerprint density at radius 2 is 2.04 bits per heavy atom. The van der Waals surface area contributed by atoms with Crippen LogP contribution in [0, 0.1) is 0 Å². The van der Waals surface area contributed by atoms with Gasteiger partial charge in [0.25, 0.3) is 0 Å². The number of hydrogen-bond acceptors (Lipinski definition) is 7. The molecule has 0 bridgehead atoms. The summed E-state index contributed by atoms with van der Waals surface area (Å²) in [5.74, 6) is 1.25. The van der Waals surface area contributed by atoms with Crippen molar-refractivity contribution >= 4 is 12.1 Å². The fraction of sp³-hybridized carbons (Fsp3) is 0.722. The van der Waals surface area contributed by atoms with Crippen LogP contribution < -0.4 is 10.2 Å². The summed E-state index contributed by atoms with van der Waals surface area (Å²) in [7, 11) is 0. The molecule has 1 aliphatic carbocycles. The lowest BCUT2D eigenvalue weighted by atomic mass is 10.1. The van der Waals surface area contributed by atoms with Crippen LogP contribution in [0.2, 0.25) is 0 Å². The molecule has 1 fully saturated rings. The van der Waals surface area contributed by atoms with Crippen molar-refractivity contribution in [3.63, 3.8) is 0 Å². The summed E-state index contributed by atoms with van der Waals surface area (Å²) in [5.41, 5.74) is 1.90. The molecule has 2 heterocycles. The molecular weight excluding hydrogens is 318 g/mol. The van der Waals surface area contributed by atoms with Crippen LogP contribution in [0.15, 0.2) is 6.33 Å². The van der Waals surface area contributed by atoms with E-state index in [0.29, 0.717) is 12.5 Å². The molecule has 2 aliphatic rings. The first-order chi connectivity index (χ1) is 12.0. The van der Waals surface area contributed by atoms with Gasteiger partial charge in [-0.2, -0.15) is 0 Å². The van der Waals surface area contributed by atoms with Crippen LogP contribution >= 0.6 is 0 Å². The number of anilines is 1. The number of carbonyl (C=O) groups is 1. The first kappa shape index (κ1) is 18.2. The van der Waals surface area contributed by atoms with Crippen LogP contribution in [0.25, 0.3) is 0 Å². The molecule has 0 saturated carbocycles. The van der Waals surface area contributed by atoms with Crippen LogP contribution in [0.4, 0.5) is 5.82 Å². The summed E-state index contributed by atoms with van der Waals surface area (Å²) >= 11 is 0. The molecule has 2 N–H and O–H groups in total. The molecule has 1 unspecified atom stereocenters. The molecule has 1 aromatic rings. The van der Waals surface area contributed by atoms with Crippen molar-refractivity contribution in [2.24, 2.45) is 0 Å². The molecular formula is C18H29N5O2. The molecule has 138 valence electrons. The number of aliphatic hydroxyl groups excluding tert-OH is 1. The highest BCUT2D eigenvalue weighted by atomic mass is 16.3. The highest BCUT2D eigenvalue weighted by Gasteiger charge is 2.34. The average Bonchev–Trinajstić information content (AvgIpc) is 2.89. The van der Waals surface area contributed by atoms with Gasteiger partial charge in [-0.15, -0.1) is 0 Å². The number of nitrogens with zero attached hydrogens (tertiary/aromatic N) is 4. The number of fused-ring (bicyclic) bond motifs is 1. The SMILES string of the molecule is CC(C)NC(CC=O)N1CCN(c2ncnc3c2[C@H](C)C[C@H]3O)CC1. The van der Waals surface area contributed by atoms with Gasteiger partial charge >= 0.3 is 0 Å². The smallest absolute Gasteiger partial charge is 0.135 e. The van der Waals surface area contributed by atoms with E-state index in [0.717, 1.165) is 56.0 Å². The minimum absolute atomic E-state index is 0.0940. The molecule has 0 amide bonds. The highest BCUT2D eigenvalue weighted by Crippen LogP contribution is 2.42. The van der Waals surface area contributed by atoms with Crippen molar-refractivity contribution in [2.75, 3.05) is 31.1 Å². The van der Waals surface area contributed by atoms with Gasteiger partial charge < -0.3 is 14.8 Å². The highest BCUT2D eigenvalue weighted by molar-refractivity contribution is 5.53. The lowest BCUT2D eigenvalue weighted by Crippen LogP contribution is -2.56. The van der Waals surface area contributed by atoms with Gasteiger partial charge in [0.2, 0.25) is 0 Å². The maximum Gasteiger partial charge on any atom is 0.135 e. The fourth-order valence-corrected chi connectivity index (χ4v) is 4.00. The zero-order valence-electron chi connectivity index (χ0n) is 15.4. The van der Waals surface area contributed by atoms with Crippen molar-refractivity contribution in [3.05, 3.63) is 17.6 Å². The van der Waals surface area contributed by atoms with E-state index in [-0.39, 0.29) is 12.1 Å². The third-order valence-corrected chi connectivity index (χ3v) is 5.18. The molecule has 1 saturated heterocycles. The molecule has 1 aliphatic heterocycles. The van der Waals surface area contributed by atoms with E-state index >= 15 is 0 Å². The molecule has 0 aromatic carbocycles. The molecule has 25 heavy (non-hydrogen) atoms. The molecule has 3 atom stereocenters. The van der Waals surface area contributed by atoms with Crippen molar-refractivity contribution < 1.29 is 9.90 Å². The van der Waals surface area contributed by atoms with Gasteiger partial charge in [-0.1, -0.05) is 6.92 Å². The van der Waals surface area contributed by atoms with Crippen LogP contribution in [-0.4, -0.2) is 64.6 Å². The first-order valence-corrected chi connectivity index (χ1v) is 9.22. The summed E-state index contributed by atoms with van der Waals surface area (Å²) < 4.78 is 0. The number of aromatic nitrogens is 2. The summed E-state index contributed by atoms with van der Waals surface area (Å²) in [6, 6.07) is 0.343. The minimum Gasteiger partial charge on any atom is -0.387 e. The Labute approximate surface area is 149 Å². The number of rotatable bonds is 6.